The van der Waals surface area contributed by atoms with Crippen molar-refractivity contribution < 1.29 is 27.2 Å². The van der Waals surface area contributed by atoms with Crippen LogP contribution in [0.5, 0.6) is 0 Å². The smallest absolute Gasteiger partial charge is 0.306 e. The van der Waals surface area contributed by atoms with Crippen LogP contribution in [0.2, 0.25) is 0 Å². The molecule has 0 N–H and O–H groups in total. The Balaban J connectivity index is 1.31. The van der Waals surface area contributed by atoms with Crippen molar-refractivity contribution in [1.82, 2.24) is 4.57 Å². The van der Waals surface area contributed by atoms with Gasteiger partial charge in [-0.3, -0.25) is 9.59 Å². The van der Waals surface area contributed by atoms with E-state index in [4.69, 9.17) is 9.15 Å². The Morgan fingerprint density at radius 3 is 2.58 bits per heavy atom. The summed E-state index contributed by atoms with van der Waals surface area (Å²) in [6.45, 7) is 3.31. The number of sulfone groups is 1. The second-order valence-corrected chi connectivity index (χ2v) is 10.7. The standard InChI is InChI=1S/C25H27NO6S/c1-17-14-22(18(2)26(17)20-12-13-33(29,30)16-20)23(27)15-31-25(28)11-9-21-8-10-24(32-21)19-6-4-3-5-7-19/h3-8,10,14,20H,9,11-13,15-16H2,1-2H3/t20-/m0/s1. The monoisotopic (exact) mass is 469 g/mol. The summed E-state index contributed by atoms with van der Waals surface area (Å²) in [7, 11) is -3.04. The Hall–Kier alpha value is -3.13. The van der Waals surface area contributed by atoms with Crippen molar-refractivity contribution in [3.8, 4) is 11.3 Å². The van der Waals surface area contributed by atoms with Gasteiger partial charge in [-0.2, -0.15) is 0 Å². The highest BCUT2D eigenvalue weighted by Crippen LogP contribution is 2.29. The van der Waals surface area contributed by atoms with Gasteiger partial charge in [0.2, 0.25) is 5.78 Å². The van der Waals surface area contributed by atoms with E-state index in [1.54, 1.807) is 13.0 Å². The molecule has 1 fully saturated rings. The molecule has 0 bridgehead atoms. The number of rotatable bonds is 8. The summed E-state index contributed by atoms with van der Waals surface area (Å²) >= 11 is 0. The molecular formula is C25H27NO6S. The number of hydrogen-bond donors (Lipinski definition) is 0. The third-order valence-corrected chi connectivity index (χ3v) is 7.77. The van der Waals surface area contributed by atoms with Crippen LogP contribution in [0.25, 0.3) is 11.3 Å². The van der Waals surface area contributed by atoms with Gasteiger partial charge >= 0.3 is 5.97 Å². The van der Waals surface area contributed by atoms with Crippen LogP contribution in [0.1, 0.15) is 46.4 Å². The number of carbonyl (C=O) groups is 2. The average Bonchev–Trinajstić information content (AvgIpc) is 3.48. The molecule has 0 saturated carbocycles. The lowest BCUT2D eigenvalue weighted by molar-refractivity contribution is -0.142. The van der Waals surface area contributed by atoms with Gasteiger partial charge in [0.25, 0.3) is 0 Å². The molecule has 1 aliphatic heterocycles. The lowest BCUT2D eigenvalue weighted by Crippen LogP contribution is -2.17. The highest BCUT2D eigenvalue weighted by molar-refractivity contribution is 7.91. The highest BCUT2D eigenvalue weighted by atomic mass is 32.2. The van der Waals surface area contributed by atoms with Gasteiger partial charge in [-0.25, -0.2) is 8.42 Å². The van der Waals surface area contributed by atoms with Crippen molar-refractivity contribution in [3.05, 3.63) is 71.2 Å². The first-order chi connectivity index (χ1) is 15.7. The van der Waals surface area contributed by atoms with Crippen LogP contribution < -0.4 is 0 Å². The summed E-state index contributed by atoms with van der Waals surface area (Å²) in [6, 6.07) is 15.0. The molecule has 3 heterocycles. The Labute approximate surface area is 193 Å². The Morgan fingerprint density at radius 2 is 1.88 bits per heavy atom. The Bertz CT molecular complexity index is 1270. The molecule has 0 unspecified atom stereocenters. The van der Waals surface area contributed by atoms with Crippen LogP contribution >= 0.6 is 0 Å². The van der Waals surface area contributed by atoms with Gasteiger partial charge in [-0.1, -0.05) is 30.3 Å². The number of carbonyl (C=O) groups excluding carboxylic acids is 2. The molecule has 3 aromatic rings. The molecule has 2 aromatic heterocycles. The first kappa shape index (κ1) is 23.0. The molecule has 7 nitrogen and oxygen atoms in total. The number of aryl methyl sites for hydroxylation is 2. The number of furan rings is 1. The van der Waals surface area contributed by atoms with Gasteiger partial charge in [0.05, 0.1) is 17.9 Å². The minimum absolute atomic E-state index is 0.0880. The van der Waals surface area contributed by atoms with Crippen molar-refractivity contribution in [2.24, 2.45) is 0 Å². The first-order valence-electron chi connectivity index (χ1n) is 11.0. The summed E-state index contributed by atoms with van der Waals surface area (Å²) in [6.07, 6.45) is 1.03. The van der Waals surface area contributed by atoms with Crippen molar-refractivity contribution in [3.63, 3.8) is 0 Å². The predicted molar refractivity (Wildman–Crippen MR) is 124 cm³/mol. The van der Waals surface area contributed by atoms with Crippen LogP contribution in [-0.2, 0) is 25.8 Å². The Kier molecular flexibility index (Phi) is 6.56. The van der Waals surface area contributed by atoms with Crippen LogP contribution in [0, 0.1) is 13.8 Å². The number of ether oxygens (including phenoxy) is 1. The maximum Gasteiger partial charge on any atom is 0.306 e. The topological polar surface area (TPSA) is 95.6 Å². The van der Waals surface area contributed by atoms with Crippen LogP contribution in [-0.4, -0.2) is 42.9 Å². The minimum Gasteiger partial charge on any atom is -0.461 e. The van der Waals surface area contributed by atoms with Crippen molar-refractivity contribution in [2.75, 3.05) is 18.1 Å². The summed E-state index contributed by atoms with van der Waals surface area (Å²) in [5, 5.41) is 0. The van der Waals surface area contributed by atoms with Crippen molar-refractivity contribution in [2.45, 2.75) is 39.2 Å². The lowest BCUT2D eigenvalue weighted by Gasteiger charge is -2.16. The largest absolute Gasteiger partial charge is 0.461 e. The van der Waals surface area contributed by atoms with E-state index in [-0.39, 0.29) is 36.4 Å². The first-order valence-corrected chi connectivity index (χ1v) is 12.8. The lowest BCUT2D eigenvalue weighted by atomic mass is 10.1. The number of aromatic nitrogens is 1. The van der Waals surface area contributed by atoms with Crippen molar-refractivity contribution in [1.29, 1.82) is 0 Å². The highest BCUT2D eigenvalue weighted by Gasteiger charge is 2.31. The van der Waals surface area contributed by atoms with Crippen LogP contribution in [0.4, 0.5) is 0 Å². The molecule has 1 atom stereocenters. The van der Waals surface area contributed by atoms with E-state index in [1.807, 2.05) is 54.0 Å². The van der Waals surface area contributed by atoms with Crippen molar-refractivity contribution >= 4 is 21.6 Å². The summed E-state index contributed by atoms with van der Waals surface area (Å²) in [4.78, 5) is 24.9. The van der Waals surface area contributed by atoms with E-state index < -0.39 is 15.8 Å². The Morgan fingerprint density at radius 1 is 1.12 bits per heavy atom. The molecule has 0 amide bonds. The minimum atomic E-state index is -3.04. The van der Waals surface area contributed by atoms with Crippen LogP contribution in [0.3, 0.4) is 0 Å². The summed E-state index contributed by atoms with van der Waals surface area (Å²) < 4.78 is 36.6. The molecule has 1 aliphatic rings. The number of esters is 1. The number of Topliss-reactive ketones (excluding diaryl/α,β-unsaturated/α-hetero) is 1. The SMILES string of the molecule is Cc1cc(C(=O)COC(=O)CCc2ccc(-c3ccccc3)o2)c(C)n1[C@H]1CCS(=O)(=O)C1. The molecule has 1 aromatic carbocycles. The molecule has 4 rings (SSSR count). The zero-order valence-corrected chi connectivity index (χ0v) is 19.6. The molecule has 0 aliphatic carbocycles. The zero-order valence-electron chi connectivity index (χ0n) is 18.7. The maximum atomic E-state index is 12.7. The normalized spacial score (nSPS) is 17.2. The van der Waals surface area contributed by atoms with E-state index in [1.165, 1.54) is 0 Å². The van der Waals surface area contributed by atoms with E-state index in [0.29, 0.717) is 29.9 Å². The summed E-state index contributed by atoms with van der Waals surface area (Å²) in [5.74, 6) is 0.888. The van der Waals surface area contributed by atoms with Gasteiger partial charge in [-0.15, -0.1) is 0 Å². The van der Waals surface area contributed by atoms with Gasteiger partial charge < -0.3 is 13.7 Å². The quantitative estimate of drug-likeness (QED) is 0.364. The van der Waals surface area contributed by atoms with E-state index in [9.17, 15) is 18.0 Å². The van der Waals surface area contributed by atoms with E-state index in [0.717, 1.165) is 17.0 Å². The van der Waals surface area contributed by atoms with Gasteiger partial charge in [0, 0.05) is 35.0 Å². The number of benzene rings is 1. The second-order valence-electron chi connectivity index (χ2n) is 8.43. The van der Waals surface area contributed by atoms with Crippen LogP contribution in [0.15, 0.2) is 52.9 Å². The molecule has 1 saturated heterocycles. The molecule has 0 radical (unpaired) electrons. The molecule has 33 heavy (non-hydrogen) atoms. The second kappa shape index (κ2) is 9.39. The number of ketones is 1. The number of hydrogen-bond acceptors (Lipinski definition) is 6. The fraction of sp³-hybridized carbons (Fsp3) is 0.360. The third kappa shape index (κ3) is 5.27. The molecule has 174 valence electrons. The number of nitrogens with zero attached hydrogens (tertiary/aromatic N) is 1. The maximum absolute atomic E-state index is 12.7. The van der Waals surface area contributed by atoms with E-state index >= 15 is 0 Å². The molecular weight excluding hydrogens is 442 g/mol. The molecule has 0 spiro atoms. The molecule has 8 heteroatoms. The third-order valence-electron chi connectivity index (χ3n) is 6.02. The van der Waals surface area contributed by atoms with Gasteiger partial charge in [-0.05, 0) is 38.5 Å². The van der Waals surface area contributed by atoms with Gasteiger partial charge in [0.1, 0.15) is 11.5 Å². The predicted octanol–water partition coefficient (Wildman–Crippen LogP) is 4.08. The zero-order chi connectivity index (χ0) is 23.6. The van der Waals surface area contributed by atoms with Gasteiger partial charge in [0.15, 0.2) is 16.4 Å². The van der Waals surface area contributed by atoms with E-state index in [2.05, 4.69) is 0 Å². The fourth-order valence-corrected chi connectivity index (χ4v) is 6.09. The summed E-state index contributed by atoms with van der Waals surface area (Å²) in [5.41, 5.74) is 2.96. The fourth-order valence-electron chi connectivity index (χ4n) is 4.39. The average molecular weight is 470 g/mol.